The van der Waals surface area contributed by atoms with E-state index in [9.17, 15) is 9.59 Å². The third-order valence-corrected chi connectivity index (χ3v) is 3.67. The lowest BCUT2D eigenvalue weighted by molar-refractivity contribution is -0.132. The van der Waals surface area contributed by atoms with Crippen LogP contribution in [0.5, 0.6) is 0 Å². The minimum Gasteiger partial charge on any atom is -0.341 e. The van der Waals surface area contributed by atoms with Crippen LogP contribution in [0.3, 0.4) is 0 Å². The topological polar surface area (TPSA) is 61.4 Å². The van der Waals surface area contributed by atoms with Gasteiger partial charge in [-0.1, -0.05) is 12.1 Å². The van der Waals surface area contributed by atoms with Crippen LogP contribution in [-0.4, -0.2) is 35.8 Å². The largest absolute Gasteiger partial charge is 0.341 e. The van der Waals surface area contributed by atoms with Crippen molar-refractivity contribution in [3.8, 4) is 0 Å². The average Bonchev–Trinajstić information content (AvgIpc) is 2.99. The van der Waals surface area contributed by atoms with Crippen molar-refractivity contribution in [2.75, 3.05) is 18.4 Å². The van der Waals surface area contributed by atoms with Crippen LogP contribution in [0.25, 0.3) is 0 Å². The molecule has 5 heteroatoms. The number of benzene rings is 1. The first-order valence-electron chi connectivity index (χ1n) is 7.45. The van der Waals surface area contributed by atoms with Crippen molar-refractivity contribution in [3.63, 3.8) is 0 Å². The highest BCUT2D eigenvalue weighted by Crippen LogP contribution is 2.11. The molecule has 1 aromatic rings. The number of carbonyl (C=O) groups excluding carboxylic acids is 2. The molecular formula is C16H23N3O2. The van der Waals surface area contributed by atoms with E-state index in [0.717, 1.165) is 37.2 Å². The predicted molar refractivity (Wildman–Crippen MR) is 82.9 cm³/mol. The number of hydrogen-bond donors (Lipinski definition) is 2. The van der Waals surface area contributed by atoms with Gasteiger partial charge in [0.05, 0.1) is 6.04 Å². The van der Waals surface area contributed by atoms with Crippen molar-refractivity contribution >= 4 is 17.5 Å². The molecule has 5 nitrogen and oxygen atoms in total. The molecule has 2 amide bonds. The summed E-state index contributed by atoms with van der Waals surface area (Å²) in [5, 5.41) is 5.99. The number of carbonyl (C=O) groups is 2. The Labute approximate surface area is 125 Å². The van der Waals surface area contributed by atoms with Crippen molar-refractivity contribution < 1.29 is 9.59 Å². The second-order valence-electron chi connectivity index (χ2n) is 5.51. The first-order chi connectivity index (χ1) is 10.1. The van der Waals surface area contributed by atoms with Crippen LogP contribution < -0.4 is 10.6 Å². The molecule has 1 heterocycles. The van der Waals surface area contributed by atoms with Gasteiger partial charge in [0.1, 0.15) is 0 Å². The summed E-state index contributed by atoms with van der Waals surface area (Å²) in [6, 6.07) is 7.46. The number of nitrogens with zero attached hydrogens (tertiary/aromatic N) is 1. The van der Waals surface area contributed by atoms with Gasteiger partial charge in [0.2, 0.25) is 11.8 Å². The summed E-state index contributed by atoms with van der Waals surface area (Å²) in [5.41, 5.74) is 1.87. The van der Waals surface area contributed by atoms with Gasteiger partial charge in [-0.2, -0.15) is 0 Å². The Bertz CT molecular complexity index is 493. The first kappa shape index (κ1) is 15.5. The molecule has 1 saturated heterocycles. The Morgan fingerprint density at radius 1 is 1.19 bits per heavy atom. The Hall–Kier alpha value is -1.88. The second-order valence-corrected chi connectivity index (χ2v) is 5.51. The third-order valence-electron chi connectivity index (χ3n) is 3.67. The van der Waals surface area contributed by atoms with Crippen LogP contribution >= 0.6 is 0 Å². The first-order valence-corrected chi connectivity index (χ1v) is 7.45. The highest BCUT2D eigenvalue weighted by atomic mass is 16.2. The summed E-state index contributed by atoms with van der Waals surface area (Å²) >= 11 is 0. The van der Waals surface area contributed by atoms with E-state index in [2.05, 4.69) is 10.6 Å². The zero-order valence-electron chi connectivity index (χ0n) is 12.7. The van der Waals surface area contributed by atoms with Crippen molar-refractivity contribution in [1.29, 1.82) is 0 Å². The molecule has 114 valence electrons. The summed E-state index contributed by atoms with van der Waals surface area (Å²) in [4.78, 5) is 25.0. The monoisotopic (exact) mass is 289 g/mol. The number of likely N-dealkylation sites (tertiary alicyclic amines) is 1. The number of amides is 2. The highest BCUT2D eigenvalue weighted by Gasteiger charge is 2.22. The van der Waals surface area contributed by atoms with Crippen LogP contribution in [0.1, 0.15) is 32.3 Å². The second kappa shape index (κ2) is 7.22. The third kappa shape index (κ3) is 4.56. The van der Waals surface area contributed by atoms with Gasteiger partial charge in [-0.3, -0.25) is 9.59 Å². The molecule has 1 aromatic carbocycles. The van der Waals surface area contributed by atoms with Gasteiger partial charge in [-0.25, -0.2) is 0 Å². The molecule has 1 aliphatic rings. The number of anilines is 1. The van der Waals surface area contributed by atoms with Gasteiger partial charge in [0, 0.05) is 32.2 Å². The van der Waals surface area contributed by atoms with E-state index in [1.807, 2.05) is 36.1 Å². The highest BCUT2D eigenvalue weighted by molar-refractivity contribution is 5.88. The molecule has 1 atom stereocenters. The quantitative estimate of drug-likeness (QED) is 0.868. The van der Waals surface area contributed by atoms with E-state index < -0.39 is 0 Å². The lowest BCUT2D eigenvalue weighted by Crippen LogP contribution is -2.43. The molecule has 1 aliphatic heterocycles. The normalized spacial score (nSPS) is 15.8. The molecule has 0 spiro atoms. The van der Waals surface area contributed by atoms with Crippen LogP contribution in [0.15, 0.2) is 24.3 Å². The number of nitrogens with one attached hydrogen (secondary N) is 2. The van der Waals surface area contributed by atoms with Crippen molar-refractivity contribution in [2.45, 2.75) is 39.3 Å². The van der Waals surface area contributed by atoms with Gasteiger partial charge < -0.3 is 15.5 Å². The maximum atomic E-state index is 12.2. The van der Waals surface area contributed by atoms with Gasteiger partial charge in [0.15, 0.2) is 0 Å². The summed E-state index contributed by atoms with van der Waals surface area (Å²) in [6.07, 6.45) is 2.23. The molecule has 0 aliphatic carbocycles. The van der Waals surface area contributed by atoms with Crippen LogP contribution in [0.2, 0.25) is 0 Å². The summed E-state index contributed by atoms with van der Waals surface area (Å²) < 4.78 is 0. The SMILES string of the molecule is CC(=O)Nc1ccc(CNC(C)C(=O)N2CCCC2)cc1. The Morgan fingerprint density at radius 3 is 2.38 bits per heavy atom. The van der Waals surface area contributed by atoms with E-state index in [1.54, 1.807) is 0 Å². The summed E-state index contributed by atoms with van der Waals surface area (Å²) in [6.45, 7) is 5.81. The van der Waals surface area contributed by atoms with Gasteiger partial charge >= 0.3 is 0 Å². The summed E-state index contributed by atoms with van der Waals surface area (Å²) in [5.74, 6) is 0.105. The fraction of sp³-hybridized carbons (Fsp3) is 0.500. The molecule has 0 radical (unpaired) electrons. The van der Waals surface area contributed by atoms with Gasteiger partial charge in [-0.15, -0.1) is 0 Å². The van der Waals surface area contributed by atoms with Gasteiger partial charge in [0.25, 0.3) is 0 Å². The molecule has 2 N–H and O–H groups in total. The Kier molecular flexibility index (Phi) is 5.33. The maximum absolute atomic E-state index is 12.2. The zero-order chi connectivity index (χ0) is 15.2. The lowest BCUT2D eigenvalue weighted by atomic mass is 10.2. The van der Waals surface area contributed by atoms with E-state index in [-0.39, 0.29) is 17.9 Å². The number of hydrogen-bond acceptors (Lipinski definition) is 3. The molecular weight excluding hydrogens is 266 g/mol. The smallest absolute Gasteiger partial charge is 0.239 e. The Balaban J connectivity index is 1.81. The minimum absolute atomic E-state index is 0.0780. The lowest BCUT2D eigenvalue weighted by Gasteiger charge is -2.21. The molecule has 0 aromatic heterocycles. The van der Waals surface area contributed by atoms with Crippen LogP contribution in [-0.2, 0) is 16.1 Å². The van der Waals surface area contributed by atoms with E-state index >= 15 is 0 Å². The zero-order valence-corrected chi connectivity index (χ0v) is 12.7. The van der Waals surface area contributed by atoms with Crippen molar-refractivity contribution in [1.82, 2.24) is 10.2 Å². The molecule has 1 unspecified atom stereocenters. The van der Waals surface area contributed by atoms with Gasteiger partial charge in [-0.05, 0) is 37.5 Å². The van der Waals surface area contributed by atoms with Crippen molar-refractivity contribution in [2.24, 2.45) is 0 Å². The molecule has 1 fully saturated rings. The predicted octanol–water partition coefficient (Wildman–Crippen LogP) is 1.75. The van der Waals surface area contributed by atoms with E-state index in [0.29, 0.717) is 6.54 Å². The van der Waals surface area contributed by atoms with Crippen LogP contribution in [0, 0.1) is 0 Å². The fourth-order valence-electron chi connectivity index (χ4n) is 2.48. The molecule has 0 bridgehead atoms. The standard InChI is InChI=1S/C16H23N3O2/c1-12(16(21)19-9-3-4-10-19)17-11-14-5-7-15(8-6-14)18-13(2)20/h5-8,12,17H,3-4,9-11H2,1-2H3,(H,18,20). The van der Waals surface area contributed by atoms with Crippen molar-refractivity contribution in [3.05, 3.63) is 29.8 Å². The summed E-state index contributed by atoms with van der Waals surface area (Å²) in [7, 11) is 0. The average molecular weight is 289 g/mol. The van der Waals surface area contributed by atoms with E-state index in [1.165, 1.54) is 6.92 Å². The van der Waals surface area contributed by atoms with E-state index in [4.69, 9.17) is 0 Å². The fourth-order valence-corrected chi connectivity index (χ4v) is 2.48. The number of rotatable bonds is 5. The molecule has 2 rings (SSSR count). The molecule has 0 saturated carbocycles. The van der Waals surface area contributed by atoms with Crippen LogP contribution in [0.4, 0.5) is 5.69 Å². The molecule has 21 heavy (non-hydrogen) atoms. The maximum Gasteiger partial charge on any atom is 0.239 e. The minimum atomic E-state index is -0.168. The Morgan fingerprint density at radius 2 is 1.81 bits per heavy atom.